The van der Waals surface area contributed by atoms with Gasteiger partial charge in [-0.15, -0.1) is 0 Å². The second kappa shape index (κ2) is 3.58. The fourth-order valence-electron chi connectivity index (χ4n) is 1.43. The summed E-state index contributed by atoms with van der Waals surface area (Å²) in [5.74, 6) is 0. The summed E-state index contributed by atoms with van der Waals surface area (Å²) in [6.07, 6.45) is 6.10. The van der Waals surface area contributed by atoms with Crippen LogP contribution in [0.4, 0.5) is 0 Å². The number of H-pyrrole nitrogens is 1. The topological polar surface area (TPSA) is 37.9 Å². The zero-order chi connectivity index (χ0) is 8.39. The number of nitrogens with one attached hydrogen (secondary N) is 1. The van der Waals surface area contributed by atoms with Crippen LogP contribution < -0.4 is 0 Å². The number of aromatic amines is 1. The van der Waals surface area contributed by atoms with Crippen molar-refractivity contribution >= 4 is 15.9 Å². The van der Waals surface area contributed by atoms with Crippen LogP contribution in [0.2, 0.25) is 0 Å². The summed E-state index contributed by atoms with van der Waals surface area (Å²) in [4.78, 5) is 0.589. The van der Waals surface area contributed by atoms with Gasteiger partial charge in [0, 0.05) is 23.2 Å². The molecule has 4 heteroatoms. The van der Waals surface area contributed by atoms with Gasteiger partial charge in [0.05, 0.1) is 12.3 Å². The number of nitrogens with zero attached hydrogens (tertiary/aromatic N) is 1. The molecule has 2 unspecified atom stereocenters. The van der Waals surface area contributed by atoms with E-state index in [1.165, 1.54) is 0 Å². The van der Waals surface area contributed by atoms with Gasteiger partial charge < -0.3 is 4.74 Å². The minimum absolute atomic E-state index is 0.224. The van der Waals surface area contributed by atoms with E-state index in [4.69, 9.17) is 4.74 Å². The van der Waals surface area contributed by atoms with E-state index < -0.39 is 0 Å². The summed E-state index contributed by atoms with van der Waals surface area (Å²) in [6.45, 7) is 0.839. The maximum atomic E-state index is 5.60. The zero-order valence-corrected chi connectivity index (χ0v) is 8.25. The van der Waals surface area contributed by atoms with Gasteiger partial charge in [-0.05, 0) is 12.8 Å². The van der Waals surface area contributed by atoms with E-state index in [9.17, 15) is 0 Å². The first-order chi connectivity index (χ1) is 5.86. The molecule has 1 aliphatic rings. The molecule has 0 radical (unpaired) electrons. The van der Waals surface area contributed by atoms with Crippen LogP contribution >= 0.6 is 15.9 Å². The number of hydrogen-bond donors (Lipinski definition) is 1. The van der Waals surface area contributed by atoms with E-state index in [1.807, 2.05) is 12.4 Å². The lowest BCUT2D eigenvalue weighted by atomic mass is 10.0. The zero-order valence-electron chi connectivity index (χ0n) is 6.66. The Morgan fingerprint density at radius 1 is 1.67 bits per heavy atom. The lowest BCUT2D eigenvalue weighted by molar-refractivity contribution is 0.0187. The molecule has 0 saturated carbocycles. The first kappa shape index (κ1) is 8.26. The Labute approximate surface area is 79.6 Å². The number of halogens is 1. The van der Waals surface area contributed by atoms with Crippen molar-refractivity contribution in [2.75, 3.05) is 6.61 Å². The Balaban J connectivity index is 2.04. The molecule has 0 aromatic carbocycles. The predicted octanol–water partition coefficient (Wildman–Crippen LogP) is 2.02. The fraction of sp³-hybridized carbons (Fsp3) is 0.625. The van der Waals surface area contributed by atoms with Crippen LogP contribution in [-0.2, 0) is 4.74 Å². The van der Waals surface area contributed by atoms with Crippen molar-refractivity contribution in [1.82, 2.24) is 10.2 Å². The number of aromatic nitrogens is 2. The summed E-state index contributed by atoms with van der Waals surface area (Å²) in [6, 6.07) is 0. The third kappa shape index (κ3) is 1.69. The summed E-state index contributed by atoms with van der Waals surface area (Å²) >= 11 is 3.60. The van der Waals surface area contributed by atoms with Crippen LogP contribution in [0.3, 0.4) is 0 Å². The quantitative estimate of drug-likeness (QED) is 0.751. The highest BCUT2D eigenvalue weighted by atomic mass is 79.9. The maximum Gasteiger partial charge on any atom is 0.0865 e. The number of hydrogen-bond acceptors (Lipinski definition) is 2. The molecule has 2 atom stereocenters. The third-order valence-electron chi connectivity index (χ3n) is 2.11. The molecule has 0 bridgehead atoms. The van der Waals surface area contributed by atoms with Crippen LogP contribution in [0.15, 0.2) is 12.4 Å². The molecule has 1 aromatic rings. The lowest BCUT2D eigenvalue weighted by Gasteiger charge is -2.25. The molecule has 2 rings (SSSR count). The molecule has 1 N–H and O–H groups in total. The molecule has 1 fully saturated rings. The van der Waals surface area contributed by atoms with Crippen molar-refractivity contribution in [3.05, 3.63) is 18.0 Å². The van der Waals surface area contributed by atoms with Crippen molar-refractivity contribution in [2.24, 2.45) is 0 Å². The lowest BCUT2D eigenvalue weighted by Crippen LogP contribution is -2.19. The normalized spacial score (nSPS) is 30.4. The fourth-order valence-corrected chi connectivity index (χ4v) is 1.95. The van der Waals surface area contributed by atoms with E-state index >= 15 is 0 Å². The number of alkyl halides is 1. The highest BCUT2D eigenvalue weighted by Crippen LogP contribution is 2.30. The Morgan fingerprint density at radius 2 is 2.58 bits per heavy atom. The molecule has 12 heavy (non-hydrogen) atoms. The van der Waals surface area contributed by atoms with Gasteiger partial charge in [-0.3, -0.25) is 5.10 Å². The van der Waals surface area contributed by atoms with Crippen LogP contribution in [0.5, 0.6) is 0 Å². The molecule has 0 aliphatic carbocycles. The average molecular weight is 231 g/mol. The third-order valence-corrected chi connectivity index (χ3v) is 2.94. The van der Waals surface area contributed by atoms with Crippen molar-refractivity contribution in [1.29, 1.82) is 0 Å². The van der Waals surface area contributed by atoms with Gasteiger partial charge >= 0.3 is 0 Å². The molecule has 1 aromatic heterocycles. The first-order valence-corrected chi connectivity index (χ1v) is 5.02. The second-order valence-corrected chi connectivity index (χ2v) is 4.31. The van der Waals surface area contributed by atoms with Gasteiger partial charge in [0.1, 0.15) is 0 Å². The van der Waals surface area contributed by atoms with Crippen molar-refractivity contribution < 1.29 is 4.74 Å². The van der Waals surface area contributed by atoms with Crippen molar-refractivity contribution in [2.45, 2.75) is 23.8 Å². The molecule has 0 spiro atoms. The van der Waals surface area contributed by atoms with E-state index in [2.05, 4.69) is 26.1 Å². The van der Waals surface area contributed by atoms with E-state index in [0.717, 1.165) is 25.0 Å². The summed E-state index contributed by atoms with van der Waals surface area (Å²) in [5.41, 5.74) is 1.15. The average Bonchev–Trinajstić information content (AvgIpc) is 2.56. The Bertz CT molecular complexity index is 237. The minimum Gasteiger partial charge on any atom is -0.373 e. The minimum atomic E-state index is 0.224. The standard InChI is InChI=1S/C8H11BrN2O/c9-7-1-2-12-8(3-7)6-4-10-11-5-6/h4-5,7-8H,1-3H2,(H,10,11). The van der Waals surface area contributed by atoms with Crippen molar-refractivity contribution in [3.63, 3.8) is 0 Å². The Kier molecular flexibility index (Phi) is 2.46. The van der Waals surface area contributed by atoms with E-state index in [-0.39, 0.29) is 6.10 Å². The largest absolute Gasteiger partial charge is 0.373 e. The van der Waals surface area contributed by atoms with Gasteiger partial charge in [0.2, 0.25) is 0 Å². The Morgan fingerprint density at radius 3 is 3.25 bits per heavy atom. The van der Waals surface area contributed by atoms with Gasteiger partial charge in [-0.1, -0.05) is 15.9 Å². The van der Waals surface area contributed by atoms with Crippen LogP contribution in [-0.4, -0.2) is 21.6 Å². The monoisotopic (exact) mass is 230 g/mol. The SMILES string of the molecule is BrC1CCOC(c2cn[nH]c2)C1. The number of ether oxygens (including phenoxy) is 1. The van der Waals surface area contributed by atoms with Gasteiger partial charge in [-0.2, -0.15) is 5.10 Å². The number of rotatable bonds is 1. The second-order valence-electron chi connectivity index (χ2n) is 3.01. The van der Waals surface area contributed by atoms with Crippen LogP contribution in [0.1, 0.15) is 24.5 Å². The highest BCUT2D eigenvalue weighted by Gasteiger charge is 2.22. The first-order valence-electron chi connectivity index (χ1n) is 4.10. The molecule has 1 saturated heterocycles. The smallest absolute Gasteiger partial charge is 0.0865 e. The molecule has 3 nitrogen and oxygen atoms in total. The van der Waals surface area contributed by atoms with Gasteiger partial charge in [0.15, 0.2) is 0 Å². The molecular formula is C8H11BrN2O. The van der Waals surface area contributed by atoms with E-state index in [0.29, 0.717) is 4.83 Å². The maximum absolute atomic E-state index is 5.60. The molecule has 66 valence electrons. The predicted molar refractivity (Wildman–Crippen MR) is 49.2 cm³/mol. The molecule has 1 aliphatic heterocycles. The van der Waals surface area contributed by atoms with Crippen LogP contribution in [0.25, 0.3) is 0 Å². The Hall–Kier alpha value is -0.350. The van der Waals surface area contributed by atoms with Crippen LogP contribution in [0, 0.1) is 0 Å². The summed E-state index contributed by atoms with van der Waals surface area (Å²) in [5, 5.41) is 6.70. The summed E-state index contributed by atoms with van der Waals surface area (Å²) in [7, 11) is 0. The summed E-state index contributed by atoms with van der Waals surface area (Å²) < 4.78 is 5.60. The molecule has 0 amide bonds. The van der Waals surface area contributed by atoms with Gasteiger partial charge in [-0.25, -0.2) is 0 Å². The van der Waals surface area contributed by atoms with Gasteiger partial charge in [0.25, 0.3) is 0 Å². The highest BCUT2D eigenvalue weighted by molar-refractivity contribution is 9.09. The van der Waals surface area contributed by atoms with E-state index in [1.54, 1.807) is 0 Å². The molecular weight excluding hydrogens is 220 g/mol. The van der Waals surface area contributed by atoms with Crippen molar-refractivity contribution in [3.8, 4) is 0 Å². The molecule has 2 heterocycles.